The first-order valence-electron chi connectivity index (χ1n) is 9.11. The summed E-state index contributed by atoms with van der Waals surface area (Å²) in [5.41, 5.74) is 5.87. The molecule has 0 radical (unpaired) electrons. The summed E-state index contributed by atoms with van der Waals surface area (Å²) >= 11 is 4.73. The minimum absolute atomic E-state index is 0.340. The van der Waals surface area contributed by atoms with Crippen molar-refractivity contribution in [3.63, 3.8) is 0 Å². The number of hydrogen-bond acceptors (Lipinski definition) is 5. The van der Waals surface area contributed by atoms with Gasteiger partial charge in [-0.15, -0.1) is 0 Å². The largest absolute Gasteiger partial charge is 0.329 e. The molecule has 0 spiro atoms. The molecule has 4 N–H and O–H groups in total. The summed E-state index contributed by atoms with van der Waals surface area (Å²) in [5, 5.41) is 7.76. The number of hydrogen-bond donors (Lipinski definition) is 4. The summed E-state index contributed by atoms with van der Waals surface area (Å²) in [6, 6.07) is 0.806. The van der Waals surface area contributed by atoms with Crippen LogP contribution in [0, 0.1) is 23.7 Å². The Morgan fingerprint density at radius 2 is 1.77 bits per heavy atom. The molecule has 128 valence electrons. The Morgan fingerprint density at radius 1 is 1.09 bits per heavy atom. The summed E-state index contributed by atoms with van der Waals surface area (Å²) in [6.07, 6.45) is 7.44. The molecule has 22 heavy (non-hydrogen) atoms. The van der Waals surface area contributed by atoms with Crippen LogP contribution in [0.4, 0.5) is 0 Å². The monoisotopic (exact) mass is 326 g/mol. The Hall–Kier alpha value is 0.190. The topological polar surface area (TPSA) is 53.3 Å². The van der Waals surface area contributed by atoms with Crippen molar-refractivity contribution in [2.45, 2.75) is 49.6 Å². The van der Waals surface area contributed by atoms with Gasteiger partial charge in [-0.05, 0) is 76.4 Å². The molecule has 2 heterocycles. The van der Waals surface area contributed by atoms with Crippen LogP contribution in [0.1, 0.15) is 32.1 Å². The lowest BCUT2D eigenvalue weighted by Crippen LogP contribution is -2.51. The van der Waals surface area contributed by atoms with Crippen LogP contribution in [0.5, 0.6) is 0 Å². The van der Waals surface area contributed by atoms with Gasteiger partial charge in [-0.3, -0.25) is 0 Å². The molecule has 0 bridgehead atoms. The predicted molar refractivity (Wildman–Crippen MR) is 96.1 cm³/mol. The van der Waals surface area contributed by atoms with E-state index in [1.165, 1.54) is 38.6 Å². The zero-order valence-corrected chi connectivity index (χ0v) is 15.1. The van der Waals surface area contributed by atoms with Crippen LogP contribution < -0.4 is 16.4 Å². The van der Waals surface area contributed by atoms with E-state index in [9.17, 15) is 0 Å². The molecule has 2 saturated heterocycles. The molecule has 5 heteroatoms. The second-order valence-electron chi connectivity index (χ2n) is 7.95. The van der Waals surface area contributed by atoms with E-state index in [1.807, 2.05) is 0 Å². The predicted octanol–water partition coefficient (Wildman–Crippen LogP) is 1.14. The first-order valence-corrected chi connectivity index (χ1v) is 9.63. The highest BCUT2D eigenvalue weighted by atomic mass is 32.1. The number of nitrogens with two attached hydrogens (primary N) is 1. The number of nitrogens with one attached hydrogen (secondary N) is 2. The summed E-state index contributed by atoms with van der Waals surface area (Å²) in [5.74, 6) is 3.12. The van der Waals surface area contributed by atoms with Crippen molar-refractivity contribution in [3.8, 4) is 0 Å². The van der Waals surface area contributed by atoms with Crippen molar-refractivity contribution < 1.29 is 0 Å². The average molecular weight is 327 g/mol. The Bertz CT molecular complexity index is 357. The fourth-order valence-corrected chi connectivity index (χ4v) is 5.43. The molecular weight excluding hydrogens is 292 g/mol. The second kappa shape index (κ2) is 7.39. The molecule has 0 aromatic heterocycles. The third-order valence-corrected chi connectivity index (χ3v) is 7.19. The zero-order chi connectivity index (χ0) is 15.7. The van der Waals surface area contributed by atoms with Crippen LogP contribution in [-0.4, -0.2) is 56.1 Å². The molecule has 4 nitrogen and oxygen atoms in total. The van der Waals surface area contributed by atoms with E-state index in [0.29, 0.717) is 23.9 Å². The SMILES string of the molecule is CN(C)C1CCC(C2CNC3NCC(C(S)CN)C3C2)CC1. The fraction of sp³-hybridized carbons (Fsp3) is 1.00. The molecular formula is C17H34N4S. The van der Waals surface area contributed by atoms with Gasteiger partial charge in [0.2, 0.25) is 0 Å². The zero-order valence-electron chi connectivity index (χ0n) is 14.2. The molecule has 0 aromatic carbocycles. The van der Waals surface area contributed by atoms with Gasteiger partial charge >= 0.3 is 0 Å². The van der Waals surface area contributed by atoms with Crippen LogP contribution in [0.3, 0.4) is 0 Å². The van der Waals surface area contributed by atoms with Crippen LogP contribution in [0.2, 0.25) is 0 Å². The van der Waals surface area contributed by atoms with E-state index >= 15 is 0 Å². The van der Waals surface area contributed by atoms with E-state index in [-0.39, 0.29) is 0 Å². The highest BCUT2D eigenvalue weighted by molar-refractivity contribution is 7.81. The van der Waals surface area contributed by atoms with Gasteiger partial charge < -0.3 is 21.3 Å². The maximum atomic E-state index is 5.87. The molecule has 5 atom stereocenters. The van der Waals surface area contributed by atoms with Gasteiger partial charge in [-0.25, -0.2) is 0 Å². The lowest BCUT2D eigenvalue weighted by atomic mass is 9.71. The quantitative estimate of drug-likeness (QED) is 0.585. The van der Waals surface area contributed by atoms with E-state index in [2.05, 4.69) is 29.6 Å². The van der Waals surface area contributed by atoms with Crippen molar-refractivity contribution in [1.29, 1.82) is 0 Å². The third kappa shape index (κ3) is 3.48. The van der Waals surface area contributed by atoms with Gasteiger partial charge in [0.15, 0.2) is 0 Å². The molecule has 3 aliphatic rings. The van der Waals surface area contributed by atoms with Gasteiger partial charge in [-0.1, -0.05) is 0 Å². The maximum absolute atomic E-state index is 5.87. The standard InChI is InChI=1S/C17H34N4S/c1-21(2)13-5-3-11(4-6-13)12-7-14-15(16(22)8-18)10-20-17(14)19-9-12/h11-17,19-20,22H,3-10,18H2,1-2H3. The Labute approximate surface area is 141 Å². The summed E-state index contributed by atoms with van der Waals surface area (Å²) < 4.78 is 0. The average Bonchev–Trinajstić information content (AvgIpc) is 2.97. The van der Waals surface area contributed by atoms with Gasteiger partial charge in [0, 0.05) is 24.4 Å². The van der Waals surface area contributed by atoms with Gasteiger partial charge in [-0.2, -0.15) is 12.6 Å². The summed E-state index contributed by atoms with van der Waals surface area (Å²) in [6.45, 7) is 2.96. The Balaban J connectivity index is 1.56. The second-order valence-corrected chi connectivity index (χ2v) is 8.62. The lowest BCUT2D eigenvalue weighted by molar-refractivity contribution is 0.105. The van der Waals surface area contributed by atoms with Gasteiger partial charge in [0.1, 0.15) is 0 Å². The molecule has 1 aliphatic carbocycles. The normalized spacial score (nSPS) is 44.0. The maximum Gasteiger partial charge on any atom is 0.0604 e. The molecule has 3 fully saturated rings. The van der Waals surface area contributed by atoms with Crippen LogP contribution in [0.15, 0.2) is 0 Å². The van der Waals surface area contributed by atoms with E-state index < -0.39 is 0 Å². The van der Waals surface area contributed by atoms with Gasteiger partial charge in [0.05, 0.1) is 6.17 Å². The van der Waals surface area contributed by atoms with Crippen molar-refractivity contribution in [2.75, 3.05) is 33.7 Å². The fourth-order valence-electron chi connectivity index (χ4n) is 5.10. The summed E-state index contributed by atoms with van der Waals surface area (Å²) in [7, 11) is 4.46. The molecule has 0 aromatic rings. The number of rotatable bonds is 4. The van der Waals surface area contributed by atoms with E-state index in [1.54, 1.807) is 0 Å². The first kappa shape index (κ1) is 17.0. The molecule has 5 unspecified atom stereocenters. The number of thiol groups is 1. The highest BCUT2D eigenvalue weighted by Crippen LogP contribution is 2.41. The third-order valence-electron chi connectivity index (χ3n) is 6.60. The smallest absolute Gasteiger partial charge is 0.0604 e. The van der Waals surface area contributed by atoms with E-state index in [0.717, 1.165) is 30.3 Å². The summed E-state index contributed by atoms with van der Waals surface area (Å²) in [4.78, 5) is 2.41. The molecule has 2 aliphatic heterocycles. The number of nitrogens with zero attached hydrogens (tertiary/aromatic N) is 1. The van der Waals surface area contributed by atoms with Crippen molar-refractivity contribution in [2.24, 2.45) is 29.4 Å². The van der Waals surface area contributed by atoms with Crippen molar-refractivity contribution >= 4 is 12.6 Å². The number of fused-ring (bicyclic) bond motifs is 1. The lowest BCUT2D eigenvalue weighted by Gasteiger charge is -2.42. The number of piperidine rings is 1. The van der Waals surface area contributed by atoms with Gasteiger partial charge in [0.25, 0.3) is 0 Å². The molecule has 1 saturated carbocycles. The van der Waals surface area contributed by atoms with E-state index in [4.69, 9.17) is 18.4 Å². The molecule has 3 rings (SSSR count). The first-order chi connectivity index (χ1) is 10.6. The van der Waals surface area contributed by atoms with Crippen LogP contribution >= 0.6 is 12.6 Å². The molecule has 0 amide bonds. The highest BCUT2D eigenvalue weighted by Gasteiger charge is 2.44. The van der Waals surface area contributed by atoms with Crippen molar-refractivity contribution in [1.82, 2.24) is 15.5 Å². The Kier molecular flexibility index (Phi) is 5.72. The Morgan fingerprint density at radius 3 is 2.41 bits per heavy atom. The van der Waals surface area contributed by atoms with Crippen LogP contribution in [-0.2, 0) is 0 Å². The van der Waals surface area contributed by atoms with Crippen molar-refractivity contribution in [3.05, 3.63) is 0 Å². The van der Waals surface area contributed by atoms with Crippen LogP contribution in [0.25, 0.3) is 0 Å². The minimum atomic E-state index is 0.340. The minimum Gasteiger partial charge on any atom is -0.329 e.